The number of amides is 1. The van der Waals surface area contributed by atoms with E-state index in [1.807, 2.05) is 23.1 Å². The normalized spacial score (nSPS) is 23.6. The summed E-state index contributed by atoms with van der Waals surface area (Å²) in [4.78, 5) is 20.0. The first kappa shape index (κ1) is 25.0. The van der Waals surface area contributed by atoms with Crippen molar-refractivity contribution in [3.05, 3.63) is 41.8 Å². The number of hydrogen-bond acceptors (Lipinski definition) is 8. The van der Waals surface area contributed by atoms with Crippen molar-refractivity contribution in [2.75, 3.05) is 77.6 Å². The molecule has 4 heterocycles. The van der Waals surface area contributed by atoms with Crippen molar-refractivity contribution < 1.29 is 18.8 Å². The fourth-order valence-corrected chi connectivity index (χ4v) is 5.70. The van der Waals surface area contributed by atoms with E-state index in [1.54, 1.807) is 7.11 Å². The molecular formula is C27H39N5O4. The summed E-state index contributed by atoms with van der Waals surface area (Å²) in [6.07, 6.45) is 2.48. The van der Waals surface area contributed by atoms with Gasteiger partial charge in [0, 0.05) is 51.8 Å². The van der Waals surface area contributed by atoms with Crippen LogP contribution in [0.4, 0.5) is 5.69 Å². The summed E-state index contributed by atoms with van der Waals surface area (Å²) in [5.41, 5.74) is 2.10. The Morgan fingerprint density at radius 3 is 2.72 bits per heavy atom. The Bertz CT molecular complexity index is 984. The summed E-state index contributed by atoms with van der Waals surface area (Å²) in [5.74, 6) is 2.83. The van der Waals surface area contributed by atoms with E-state index >= 15 is 0 Å². The Labute approximate surface area is 213 Å². The third-order valence-electron chi connectivity index (χ3n) is 7.82. The van der Waals surface area contributed by atoms with Gasteiger partial charge in [-0.3, -0.25) is 9.69 Å². The van der Waals surface area contributed by atoms with Crippen LogP contribution in [-0.4, -0.2) is 93.5 Å². The number of aromatic nitrogens is 1. The first-order chi connectivity index (χ1) is 17.7. The number of ether oxygens (including phenoxy) is 2. The highest BCUT2D eigenvalue weighted by Crippen LogP contribution is 2.30. The van der Waals surface area contributed by atoms with Crippen molar-refractivity contribution in [2.24, 2.45) is 11.8 Å². The fourth-order valence-electron chi connectivity index (χ4n) is 5.70. The zero-order valence-electron chi connectivity index (χ0n) is 21.4. The minimum atomic E-state index is 0.278. The number of hydrogen-bond donors (Lipinski definition) is 1. The third-order valence-corrected chi connectivity index (χ3v) is 7.82. The van der Waals surface area contributed by atoms with Crippen LogP contribution in [0.5, 0.6) is 5.75 Å². The number of piperidine rings is 1. The van der Waals surface area contributed by atoms with Gasteiger partial charge in [-0.2, -0.15) is 0 Å². The minimum Gasteiger partial charge on any atom is -0.495 e. The lowest BCUT2D eigenvalue weighted by molar-refractivity contribution is -0.133. The molecule has 0 spiro atoms. The van der Waals surface area contributed by atoms with Crippen LogP contribution < -0.4 is 15.0 Å². The highest BCUT2D eigenvalue weighted by atomic mass is 16.5. The summed E-state index contributed by atoms with van der Waals surface area (Å²) in [7, 11) is 1.71. The minimum absolute atomic E-state index is 0.278. The summed E-state index contributed by atoms with van der Waals surface area (Å²) in [5, 5.41) is 7.88. The highest BCUT2D eigenvalue weighted by molar-refractivity contribution is 5.77. The van der Waals surface area contributed by atoms with Crippen LogP contribution >= 0.6 is 0 Å². The number of methoxy groups -OCH3 is 1. The van der Waals surface area contributed by atoms with E-state index < -0.39 is 0 Å². The SMILES string of the molecule is COc1ccccc1N1CCN(C(=O)C[C@@H]2CCNC[C@@H]2Cc2cc(CN3CCOCC3)on2)CC1. The molecule has 1 amide bonds. The fraction of sp³-hybridized carbons (Fsp3) is 0.630. The second-order valence-corrected chi connectivity index (χ2v) is 10.1. The van der Waals surface area contributed by atoms with Crippen molar-refractivity contribution in [3.63, 3.8) is 0 Å². The molecule has 2 atom stereocenters. The molecule has 3 aliphatic rings. The van der Waals surface area contributed by atoms with Crippen molar-refractivity contribution in [2.45, 2.75) is 25.8 Å². The van der Waals surface area contributed by atoms with Gasteiger partial charge < -0.3 is 29.1 Å². The van der Waals surface area contributed by atoms with Crippen LogP contribution in [0, 0.1) is 11.8 Å². The summed E-state index contributed by atoms with van der Waals surface area (Å²) in [6.45, 7) is 9.24. The number of rotatable bonds is 8. The average Bonchev–Trinajstić information content (AvgIpc) is 3.37. The Hall–Kier alpha value is -2.62. The van der Waals surface area contributed by atoms with Crippen LogP contribution in [0.15, 0.2) is 34.9 Å². The first-order valence-corrected chi connectivity index (χ1v) is 13.3. The van der Waals surface area contributed by atoms with Crippen LogP contribution in [0.25, 0.3) is 0 Å². The summed E-state index contributed by atoms with van der Waals surface area (Å²) in [6, 6.07) is 10.2. The van der Waals surface area contributed by atoms with Crippen molar-refractivity contribution in [1.29, 1.82) is 0 Å². The van der Waals surface area contributed by atoms with E-state index in [4.69, 9.17) is 14.0 Å². The third kappa shape index (κ3) is 6.19. The first-order valence-electron chi connectivity index (χ1n) is 13.3. The number of carbonyl (C=O) groups excluding carboxylic acids is 1. The molecule has 2 aromatic rings. The lowest BCUT2D eigenvalue weighted by Gasteiger charge is -2.38. The number of carbonyl (C=O) groups is 1. The molecule has 0 radical (unpaired) electrons. The van der Waals surface area contributed by atoms with E-state index in [0.717, 1.165) is 108 Å². The van der Waals surface area contributed by atoms with Crippen LogP contribution in [0.2, 0.25) is 0 Å². The van der Waals surface area contributed by atoms with Gasteiger partial charge in [-0.15, -0.1) is 0 Å². The summed E-state index contributed by atoms with van der Waals surface area (Å²) >= 11 is 0. The van der Waals surface area contributed by atoms with Gasteiger partial charge >= 0.3 is 0 Å². The lowest BCUT2D eigenvalue weighted by Crippen LogP contribution is -2.50. The maximum atomic E-state index is 13.3. The molecule has 0 aliphatic carbocycles. The van der Waals surface area contributed by atoms with E-state index in [0.29, 0.717) is 18.3 Å². The van der Waals surface area contributed by atoms with Crippen molar-refractivity contribution in [1.82, 2.24) is 20.3 Å². The van der Waals surface area contributed by atoms with Gasteiger partial charge in [0.25, 0.3) is 0 Å². The molecule has 9 heteroatoms. The number of nitrogens with one attached hydrogen (secondary N) is 1. The van der Waals surface area contributed by atoms with Crippen LogP contribution in [-0.2, 0) is 22.5 Å². The quantitative estimate of drug-likeness (QED) is 0.593. The molecule has 0 bridgehead atoms. The van der Waals surface area contributed by atoms with Crippen molar-refractivity contribution >= 4 is 11.6 Å². The van der Waals surface area contributed by atoms with Gasteiger partial charge in [-0.05, 0) is 49.9 Å². The van der Waals surface area contributed by atoms with E-state index in [1.165, 1.54) is 0 Å². The number of nitrogens with zero attached hydrogens (tertiary/aromatic N) is 4. The van der Waals surface area contributed by atoms with Gasteiger partial charge in [0.2, 0.25) is 5.91 Å². The second kappa shape index (κ2) is 12.1. The van der Waals surface area contributed by atoms with Gasteiger partial charge in [0.1, 0.15) is 5.75 Å². The highest BCUT2D eigenvalue weighted by Gasteiger charge is 2.31. The second-order valence-electron chi connectivity index (χ2n) is 10.1. The molecule has 9 nitrogen and oxygen atoms in total. The number of anilines is 1. The number of morpholine rings is 1. The molecule has 1 aromatic heterocycles. The lowest BCUT2D eigenvalue weighted by atomic mass is 9.81. The standard InChI is InChI=1S/C27H39N5O4/c1-34-26-5-3-2-4-25(26)31-8-10-32(11-9-31)27(33)17-21-6-7-28-19-22(21)16-23-18-24(36-29-23)20-30-12-14-35-15-13-30/h2-5,18,21-22,28H,6-17,19-20H2,1H3/t21-,22-/m0/s1. The number of para-hydroxylation sites is 2. The average molecular weight is 498 g/mol. The predicted octanol–water partition coefficient (Wildman–Crippen LogP) is 2.02. The van der Waals surface area contributed by atoms with Gasteiger partial charge in [-0.25, -0.2) is 0 Å². The Balaban J connectivity index is 1.12. The Morgan fingerprint density at radius 1 is 1.11 bits per heavy atom. The molecule has 36 heavy (non-hydrogen) atoms. The summed E-state index contributed by atoms with van der Waals surface area (Å²) < 4.78 is 16.6. The number of benzene rings is 1. The van der Waals surface area contributed by atoms with Gasteiger partial charge in [0.05, 0.1) is 38.2 Å². The molecule has 1 N–H and O–H groups in total. The van der Waals surface area contributed by atoms with E-state index in [2.05, 4.69) is 32.4 Å². The molecule has 196 valence electrons. The topological polar surface area (TPSA) is 83.3 Å². The van der Waals surface area contributed by atoms with E-state index in [9.17, 15) is 4.79 Å². The molecule has 3 fully saturated rings. The Kier molecular flexibility index (Phi) is 8.40. The van der Waals surface area contributed by atoms with Gasteiger partial charge in [-0.1, -0.05) is 17.3 Å². The molecular weight excluding hydrogens is 458 g/mol. The molecule has 3 aliphatic heterocycles. The van der Waals surface area contributed by atoms with Crippen LogP contribution in [0.1, 0.15) is 24.3 Å². The number of piperazine rings is 1. The monoisotopic (exact) mass is 497 g/mol. The molecule has 1 aromatic carbocycles. The molecule has 0 saturated carbocycles. The van der Waals surface area contributed by atoms with E-state index in [-0.39, 0.29) is 5.91 Å². The maximum Gasteiger partial charge on any atom is 0.222 e. The van der Waals surface area contributed by atoms with Crippen LogP contribution in [0.3, 0.4) is 0 Å². The zero-order chi connectivity index (χ0) is 24.7. The Morgan fingerprint density at radius 2 is 1.92 bits per heavy atom. The maximum absolute atomic E-state index is 13.3. The zero-order valence-corrected chi connectivity index (χ0v) is 21.4. The van der Waals surface area contributed by atoms with Gasteiger partial charge in [0.15, 0.2) is 5.76 Å². The predicted molar refractivity (Wildman–Crippen MR) is 137 cm³/mol. The molecule has 3 saturated heterocycles. The smallest absolute Gasteiger partial charge is 0.222 e. The molecule has 5 rings (SSSR count). The largest absolute Gasteiger partial charge is 0.495 e. The molecule has 0 unspecified atom stereocenters. The van der Waals surface area contributed by atoms with Crippen molar-refractivity contribution in [3.8, 4) is 5.75 Å².